The van der Waals surface area contributed by atoms with Crippen LogP contribution in [0, 0.1) is 0 Å². The van der Waals surface area contributed by atoms with Crippen molar-refractivity contribution in [2.45, 2.75) is 20.3 Å². The fraction of sp³-hybridized carbons (Fsp3) is 0.455. The van der Waals surface area contributed by atoms with Crippen molar-refractivity contribution in [2.24, 2.45) is 4.99 Å². The Hall–Kier alpha value is -1.38. The third kappa shape index (κ3) is 2.55. The summed E-state index contributed by atoms with van der Waals surface area (Å²) in [6.45, 7) is 11.7. The van der Waals surface area contributed by atoms with Crippen LogP contribution in [0.25, 0.3) is 0 Å². The summed E-state index contributed by atoms with van der Waals surface area (Å²) < 4.78 is 0. The molecule has 14 heavy (non-hydrogen) atoms. The number of hydrogen-bond acceptors (Lipinski definition) is 2. The van der Waals surface area contributed by atoms with Gasteiger partial charge in [0.25, 0.3) is 5.91 Å². The average Bonchev–Trinajstić information content (AvgIpc) is 2.24. The highest BCUT2D eigenvalue weighted by molar-refractivity contribution is 5.95. The first kappa shape index (κ1) is 12.6. The fourth-order valence-corrected chi connectivity index (χ4v) is 1.19. The topological polar surface area (TPSA) is 32.7 Å². The fourth-order valence-electron chi connectivity index (χ4n) is 1.19. The third-order valence-electron chi connectivity index (χ3n) is 1.97. The van der Waals surface area contributed by atoms with E-state index in [1.54, 1.807) is 18.0 Å². The minimum absolute atomic E-state index is 0.0637. The Morgan fingerprint density at radius 2 is 2.07 bits per heavy atom. The molecular weight excluding hydrogens is 176 g/mol. The standard InChI is InChI=1S/C9H12N2O.C2H6/c1-4-7-5-6-11(3)9(12)8(7)10-2;1-2/h4H,1-2,5-6H2,3H3;1-2H3. The molecule has 0 aromatic heterocycles. The van der Waals surface area contributed by atoms with Crippen molar-refractivity contribution in [3.63, 3.8) is 0 Å². The van der Waals surface area contributed by atoms with Crippen molar-refractivity contribution in [3.8, 4) is 0 Å². The second-order valence-corrected chi connectivity index (χ2v) is 2.71. The van der Waals surface area contributed by atoms with Gasteiger partial charge in [0.1, 0.15) is 5.70 Å². The summed E-state index contributed by atoms with van der Waals surface area (Å²) in [4.78, 5) is 16.7. The molecule has 1 amide bonds. The quantitative estimate of drug-likeness (QED) is 0.619. The summed E-state index contributed by atoms with van der Waals surface area (Å²) in [7, 11) is 1.76. The average molecular weight is 194 g/mol. The second kappa shape index (κ2) is 6.13. The van der Waals surface area contributed by atoms with Gasteiger partial charge in [-0.1, -0.05) is 26.5 Å². The van der Waals surface area contributed by atoms with Gasteiger partial charge in [-0.2, -0.15) is 0 Å². The number of carbonyl (C=O) groups excluding carboxylic acids is 1. The van der Waals surface area contributed by atoms with Gasteiger partial charge in [-0.3, -0.25) is 9.79 Å². The van der Waals surface area contributed by atoms with Crippen molar-refractivity contribution >= 4 is 12.6 Å². The highest BCUT2D eigenvalue weighted by Crippen LogP contribution is 2.19. The van der Waals surface area contributed by atoms with Crippen molar-refractivity contribution in [3.05, 3.63) is 23.9 Å². The molecule has 0 saturated carbocycles. The molecule has 1 rings (SSSR count). The van der Waals surface area contributed by atoms with E-state index in [1.807, 2.05) is 13.8 Å². The first-order valence-corrected chi connectivity index (χ1v) is 4.78. The number of rotatable bonds is 2. The molecule has 0 saturated heterocycles. The van der Waals surface area contributed by atoms with E-state index in [0.29, 0.717) is 5.70 Å². The van der Waals surface area contributed by atoms with E-state index in [0.717, 1.165) is 18.5 Å². The van der Waals surface area contributed by atoms with Crippen molar-refractivity contribution < 1.29 is 4.79 Å². The van der Waals surface area contributed by atoms with Crippen LogP contribution in [0.15, 0.2) is 28.9 Å². The number of nitrogens with zero attached hydrogens (tertiary/aromatic N) is 2. The normalized spacial score (nSPS) is 15.9. The van der Waals surface area contributed by atoms with Crippen LogP contribution in [0.2, 0.25) is 0 Å². The van der Waals surface area contributed by atoms with Gasteiger partial charge >= 0.3 is 0 Å². The largest absolute Gasteiger partial charge is 0.340 e. The Morgan fingerprint density at radius 3 is 2.50 bits per heavy atom. The van der Waals surface area contributed by atoms with Crippen LogP contribution in [0.5, 0.6) is 0 Å². The molecule has 0 unspecified atom stereocenters. The van der Waals surface area contributed by atoms with E-state index in [1.165, 1.54) is 0 Å². The predicted molar refractivity (Wildman–Crippen MR) is 60.4 cm³/mol. The minimum Gasteiger partial charge on any atom is -0.340 e. The van der Waals surface area contributed by atoms with Crippen LogP contribution >= 0.6 is 0 Å². The van der Waals surface area contributed by atoms with Crippen LogP contribution in [0.4, 0.5) is 0 Å². The van der Waals surface area contributed by atoms with Gasteiger partial charge in [0, 0.05) is 13.6 Å². The number of amides is 1. The van der Waals surface area contributed by atoms with E-state index in [4.69, 9.17) is 0 Å². The lowest BCUT2D eigenvalue weighted by Gasteiger charge is -2.23. The van der Waals surface area contributed by atoms with Gasteiger partial charge in [-0.05, 0) is 18.7 Å². The van der Waals surface area contributed by atoms with Crippen LogP contribution in [0.1, 0.15) is 20.3 Å². The molecule has 78 valence electrons. The van der Waals surface area contributed by atoms with E-state index in [9.17, 15) is 4.79 Å². The van der Waals surface area contributed by atoms with Gasteiger partial charge in [-0.15, -0.1) is 0 Å². The van der Waals surface area contributed by atoms with E-state index in [-0.39, 0.29) is 5.91 Å². The molecule has 0 radical (unpaired) electrons. The summed E-state index contributed by atoms with van der Waals surface area (Å²) in [6.07, 6.45) is 2.50. The lowest BCUT2D eigenvalue weighted by Crippen LogP contribution is -2.33. The summed E-state index contributed by atoms with van der Waals surface area (Å²) >= 11 is 0. The number of hydrogen-bond donors (Lipinski definition) is 0. The first-order valence-electron chi connectivity index (χ1n) is 4.78. The number of likely N-dealkylation sites (N-methyl/N-ethyl adjacent to an activating group) is 1. The molecule has 3 heteroatoms. The van der Waals surface area contributed by atoms with E-state index >= 15 is 0 Å². The Labute approximate surface area is 85.8 Å². The highest BCUT2D eigenvalue weighted by Gasteiger charge is 2.21. The Kier molecular flexibility index (Phi) is 5.53. The SMILES string of the molecule is C=CC1=C(N=C)C(=O)N(C)CC1.CC. The molecule has 0 bridgehead atoms. The van der Waals surface area contributed by atoms with Gasteiger partial charge in [0.05, 0.1) is 0 Å². The van der Waals surface area contributed by atoms with Crippen molar-refractivity contribution in [2.75, 3.05) is 13.6 Å². The van der Waals surface area contributed by atoms with Gasteiger partial charge < -0.3 is 4.90 Å². The van der Waals surface area contributed by atoms with Gasteiger partial charge in [0.15, 0.2) is 0 Å². The van der Waals surface area contributed by atoms with Crippen LogP contribution in [0.3, 0.4) is 0 Å². The Bertz CT molecular complexity index is 266. The molecule has 1 aliphatic rings. The van der Waals surface area contributed by atoms with E-state index in [2.05, 4.69) is 18.3 Å². The van der Waals surface area contributed by atoms with Crippen molar-refractivity contribution in [1.82, 2.24) is 4.90 Å². The number of allylic oxidation sites excluding steroid dienone is 1. The lowest BCUT2D eigenvalue weighted by molar-refractivity contribution is -0.126. The summed E-state index contributed by atoms with van der Waals surface area (Å²) in [5, 5.41) is 0. The molecule has 3 nitrogen and oxygen atoms in total. The molecule has 0 aromatic carbocycles. The molecule has 0 aliphatic carbocycles. The number of aliphatic imine (C=N–C) groups is 1. The Morgan fingerprint density at radius 1 is 1.50 bits per heavy atom. The zero-order valence-corrected chi connectivity index (χ0v) is 9.21. The second-order valence-electron chi connectivity index (χ2n) is 2.71. The maximum absolute atomic E-state index is 11.4. The molecule has 0 atom stereocenters. The molecule has 0 fully saturated rings. The maximum Gasteiger partial charge on any atom is 0.272 e. The molecule has 0 aromatic rings. The highest BCUT2D eigenvalue weighted by atomic mass is 16.2. The van der Waals surface area contributed by atoms with Crippen LogP contribution in [-0.4, -0.2) is 31.1 Å². The molecule has 0 N–H and O–H groups in total. The molecule has 0 spiro atoms. The summed E-state index contributed by atoms with van der Waals surface area (Å²) in [5.41, 5.74) is 1.34. The zero-order valence-electron chi connectivity index (χ0n) is 9.21. The zero-order chi connectivity index (χ0) is 11.1. The molecule has 1 aliphatic heterocycles. The van der Waals surface area contributed by atoms with Gasteiger partial charge in [0.2, 0.25) is 0 Å². The molecule has 1 heterocycles. The first-order chi connectivity index (χ1) is 6.70. The maximum atomic E-state index is 11.4. The van der Waals surface area contributed by atoms with Crippen LogP contribution < -0.4 is 0 Å². The monoisotopic (exact) mass is 194 g/mol. The van der Waals surface area contributed by atoms with Crippen molar-refractivity contribution in [1.29, 1.82) is 0 Å². The van der Waals surface area contributed by atoms with Gasteiger partial charge in [-0.25, -0.2) is 0 Å². The summed E-state index contributed by atoms with van der Waals surface area (Å²) in [6, 6.07) is 0. The van der Waals surface area contributed by atoms with E-state index < -0.39 is 0 Å². The predicted octanol–water partition coefficient (Wildman–Crippen LogP) is 2.02. The smallest absolute Gasteiger partial charge is 0.272 e. The third-order valence-corrected chi connectivity index (χ3v) is 1.97. The number of carbonyl (C=O) groups is 1. The minimum atomic E-state index is -0.0637. The summed E-state index contributed by atoms with van der Waals surface area (Å²) in [5.74, 6) is -0.0637. The van der Waals surface area contributed by atoms with Crippen LogP contribution in [-0.2, 0) is 4.79 Å². The lowest BCUT2D eigenvalue weighted by atomic mass is 10.1. The molecular formula is C11H18N2O. The Balaban J connectivity index is 0.000000791.